The Morgan fingerprint density at radius 3 is 2.56 bits per heavy atom. The number of esters is 1. The van der Waals surface area contributed by atoms with E-state index in [2.05, 4.69) is 14.6 Å². The molecule has 7 nitrogen and oxygen atoms in total. The predicted molar refractivity (Wildman–Crippen MR) is 141 cm³/mol. The summed E-state index contributed by atoms with van der Waals surface area (Å²) in [4.78, 5) is 15.4. The lowest BCUT2D eigenvalue weighted by atomic mass is 10.1. The van der Waals surface area contributed by atoms with Crippen molar-refractivity contribution in [1.29, 1.82) is 0 Å². The number of piperidine rings is 1. The molecule has 0 saturated carbocycles. The highest BCUT2D eigenvalue weighted by atomic mass is 35.5. The summed E-state index contributed by atoms with van der Waals surface area (Å²) < 4.78 is 34.5. The van der Waals surface area contributed by atoms with E-state index >= 15 is 0 Å². The number of nitrogens with zero attached hydrogens (tertiary/aromatic N) is 2. The number of rotatable bonds is 5. The fraction of sp³-hybridized carbons (Fsp3) is 0.231. The summed E-state index contributed by atoms with van der Waals surface area (Å²) in [6.45, 7) is 2.48. The molecule has 0 aromatic heterocycles. The van der Waals surface area contributed by atoms with Crippen molar-refractivity contribution in [2.24, 2.45) is 4.40 Å². The van der Waals surface area contributed by atoms with Crippen molar-refractivity contribution < 1.29 is 17.9 Å². The third-order valence-electron chi connectivity index (χ3n) is 6.15. The fourth-order valence-electron chi connectivity index (χ4n) is 4.38. The molecule has 0 unspecified atom stereocenters. The van der Waals surface area contributed by atoms with Gasteiger partial charge in [0.25, 0.3) is 10.0 Å². The molecular weight excluding hydrogens is 521 g/mol. The molecule has 1 N–H and O–H groups in total. The number of likely N-dealkylation sites (tertiary alicyclic amines) is 1. The highest BCUT2D eigenvalue weighted by molar-refractivity contribution is 7.90. The summed E-state index contributed by atoms with van der Waals surface area (Å²) in [5.74, 6) is 0.0770. The number of anilines is 1. The van der Waals surface area contributed by atoms with Crippen LogP contribution in [0.25, 0.3) is 0 Å². The first-order valence-corrected chi connectivity index (χ1v) is 13.7. The van der Waals surface area contributed by atoms with Crippen LogP contribution in [0.1, 0.15) is 40.7 Å². The molecular formula is C26H23Cl2N3O4S. The smallest absolute Gasteiger partial charge is 0.345 e. The van der Waals surface area contributed by atoms with E-state index in [1.807, 2.05) is 6.07 Å². The molecule has 3 aromatic rings. The Hall–Kier alpha value is -2.91. The topological polar surface area (TPSA) is 88.1 Å². The van der Waals surface area contributed by atoms with Gasteiger partial charge in [0, 0.05) is 28.4 Å². The molecule has 0 amide bonds. The van der Waals surface area contributed by atoms with Crippen LogP contribution in [-0.4, -0.2) is 38.2 Å². The van der Waals surface area contributed by atoms with E-state index in [0.717, 1.165) is 31.5 Å². The number of sulfonamides is 1. The Kier molecular flexibility index (Phi) is 7.03. The Morgan fingerprint density at radius 2 is 1.78 bits per heavy atom. The molecule has 3 aromatic carbocycles. The third-order valence-corrected chi connectivity index (χ3v) is 8.03. The van der Waals surface area contributed by atoms with E-state index in [1.54, 1.807) is 36.4 Å². The summed E-state index contributed by atoms with van der Waals surface area (Å²) in [5.41, 5.74) is 2.16. The second kappa shape index (κ2) is 10.2. The van der Waals surface area contributed by atoms with Gasteiger partial charge in [0.1, 0.15) is 10.6 Å². The molecule has 2 aliphatic heterocycles. The molecule has 5 rings (SSSR count). The lowest BCUT2D eigenvalue weighted by Crippen LogP contribution is -2.29. The van der Waals surface area contributed by atoms with E-state index in [0.29, 0.717) is 28.6 Å². The largest absolute Gasteiger partial charge is 0.423 e. The van der Waals surface area contributed by atoms with Crippen LogP contribution in [0.2, 0.25) is 10.0 Å². The second-order valence-corrected chi connectivity index (χ2v) is 11.1. The van der Waals surface area contributed by atoms with Crippen LogP contribution in [-0.2, 0) is 16.6 Å². The fourth-order valence-corrected chi connectivity index (χ4v) is 6.04. The zero-order chi connectivity index (χ0) is 25.3. The Balaban J connectivity index is 1.44. The van der Waals surface area contributed by atoms with Gasteiger partial charge in [-0.15, -0.1) is 4.40 Å². The van der Waals surface area contributed by atoms with Crippen molar-refractivity contribution >= 4 is 50.7 Å². The van der Waals surface area contributed by atoms with Crippen molar-refractivity contribution in [2.75, 3.05) is 18.4 Å². The summed E-state index contributed by atoms with van der Waals surface area (Å²) >= 11 is 12.2. The molecule has 2 heterocycles. The van der Waals surface area contributed by atoms with Crippen LogP contribution in [0.4, 0.5) is 5.69 Å². The number of hydrogen-bond donors (Lipinski definition) is 1. The number of benzene rings is 3. The lowest BCUT2D eigenvalue weighted by Gasteiger charge is -2.27. The lowest BCUT2D eigenvalue weighted by molar-refractivity contribution is 0.0731. The Labute approximate surface area is 219 Å². The molecule has 2 aliphatic rings. The molecule has 10 heteroatoms. The van der Waals surface area contributed by atoms with Gasteiger partial charge in [-0.1, -0.05) is 41.8 Å². The first-order chi connectivity index (χ1) is 17.3. The Bertz CT molecular complexity index is 1470. The SMILES string of the molecule is O=C(Oc1ccc(NC2=NS(=O)(=O)c3ccccc32)cc1CN1CCCCC1)c1ccc(Cl)cc1Cl. The van der Waals surface area contributed by atoms with Crippen LogP contribution in [0, 0.1) is 0 Å². The van der Waals surface area contributed by atoms with Crippen LogP contribution in [0.3, 0.4) is 0 Å². The van der Waals surface area contributed by atoms with Gasteiger partial charge in [-0.3, -0.25) is 4.90 Å². The van der Waals surface area contributed by atoms with E-state index in [-0.39, 0.29) is 21.3 Å². The highest BCUT2D eigenvalue weighted by Gasteiger charge is 2.28. The quantitative estimate of drug-likeness (QED) is 0.325. The average molecular weight is 544 g/mol. The second-order valence-electron chi connectivity index (χ2n) is 8.71. The number of nitrogens with one attached hydrogen (secondary N) is 1. The molecule has 0 atom stereocenters. The van der Waals surface area contributed by atoms with Gasteiger partial charge in [-0.2, -0.15) is 8.42 Å². The number of ether oxygens (including phenoxy) is 1. The van der Waals surface area contributed by atoms with Gasteiger partial charge in [-0.25, -0.2) is 4.79 Å². The highest BCUT2D eigenvalue weighted by Crippen LogP contribution is 2.31. The van der Waals surface area contributed by atoms with Gasteiger partial charge in [-0.05, 0) is 74.5 Å². The monoisotopic (exact) mass is 543 g/mol. The van der Waals surface area contributed by atoms with Crippen molar-refractivity contribution in [2.45, 2.75) is 30.7 Å². The van der Waals surface area contributed by atoms with Gasteiger partial charge in [0.2, 0.25) is 0 Å². The third kappa shape index (κ3) is 5.27. The maximum atomic E-state index is 12.9. The summed E-state index contributed by atoms with van der Waals surface area (Å²) in [5, 5.41) is 3.77. The Morgan fingerprint density at radius 1 is 1.00 bits per heavy atom. The molecule has 1 fully saturated rings. The first kappa shape index (κ1) is 24.8. The normalized spacial score (nSPS) is 16.8. The zero-order valence-corrected chi connectivity index (χ0v) is 21.5. The maximum absolute atomic E-state index is 12.9. The number of hydrogen-bond acceptors (Lipinski definition) is 6. The zero-order valence-electron chi connectivity index (χ0n) is 19.2. The van der Waals surface area contributed by atoms with E-state index in [9.17, 15) is 13.2 Å². The van der Waals surface area contributed by atoms with E-state index in [1.165, 1.54) is 24.6 Å². The van der Waals surface area contributed by atoms with Crippen LogP contribution >= 0.6 is 23.2 Å². The van der Waals surface area contributed by atoms with Crippen molar-refractivity contribution in [3.63, 3.8) is 0 Å². The van der Waals surface area contributed by atoms with Crippen LogP contribution in [0.5, 0.6) is 5.75 Å². The number of carbonyl (C=O) groups excluding carboxylic acids is 1. The molecule has 36 heavy (non-hydrogen) atoms. The molecule has 186 valence electrons. The summed E-state index contributed by atoms with van der Waals surface area (Å²) in [7, 11) is -3.74. The minimum atomic E-state index is -3.74. The standard InChI is InChI=1S/C26H23Cl2N3O4S/c27-18-8-10-20(22(28)15-18)26(32)35-23-11-9-19(14-17(23)16-31-12-4-1-5-13-31)29-25-21-6-2-3-7-24(21)36(33,34)30-25/h2-3,6-11,14-15H,1,4-5,12-13,16H2,(H,29,30). The van der Waals surface area contributed by atoms with E-state index in [4.69, 9.17) is 27.9 Å². The molecule has 0 radical (unpaired) electrons. The van der Waals surface area contributed by atoms with Crippen molar-refractivity contribution in [3.8, 4) is 5.75 Å². The predicted octanol–water partition coefficient (Wildman–Crippen LogP) is 5.76. The van der Waals surface area contributed by atoms with Crippen LogP contribution < -0.4 is 10.1 Å². The van der Waals surface area contributed by atoms with E-state index < -0.39 is 16.0 Å². The first-order valence-electron chi connectivity index (χ1n) is 11.5. The van der Waals surface area contributed by atoms with Crippen molar-refractivity contribution in [3.05, 3.63) is 87.4 Å². The van der Waals surface area contributed by atoms with Gasteiger partial charge in [0.15, 0.2) is 5.84 Å². The van der Waals surface area contributed by atoms with Gasteiger partial charge in [0.05, 0.1) is 10.6 Å². The summed E-state index contributed by atoms with van der Waals surface area (Å²) in [6, 6.07) is 16.6. The molecule has 0 spiro atoms. The molecule has 1 saturated heterocycles. The van der Waals surface area contributed by atoms with Gasteiger partial charge >= 0.3 is 5.97 Å². The minimum absolute atomic E-state index is 0.173. The number of fused-ring (bicyclic) bond motifs is 1. The molecule has 0 bridgehead atoms. The molecule has 0 aliphatic carbocycles. The van der Waals surface area contributed by atoms with Gasteiger partial charge < -0.3 is 10.1 Å². The minimum Gasteiger partial charge on any atom is -0.423 e. The maximum Gasteiger partial charge on any atom is 0.345 e. The number of halogens is 2. The van der Waals surface area contributed by atoms with Crippen molar-refractivity contribution in [1.82, 2.24) is 4.90 Å². The average Bonchev–Trinajstić information content (AvgIpc) is 3.11. The summed E-state index contributed by atoms with van der Waals surface area (Å²) in [6.07, 6.45) is 3.42. The van der Waals surface area contributed by atoms with Crippen LogP contribution in [0.15, 0.2) is 70.0 Å². The number of amidine groups is 1. The number of carbonyl (C=O) groups is 1.